The predicted octanol–water partition coefficient (Wildman–Crippen LogP) is 3.89. The van der Waals surface area contributed by atoms with Gasteiger partial charge in [0.25, 0.3) is 5.91 Å². The molecule has 136 valence electrons. The minimum Gasteiger partial charge on any atom is -0.497 e. The van der Waals surface area contributed by atoms with Gasteiger partial charge in [-0.3, -0.25) is 10.1 Å². The maximum absolute atomic E-state index is 12.2. The van der Waals surface area contributed by atoms with Crippen molar-refractivity contribution in [3.8, 4) is 11.6 Å². The first-order valence-electron chi connectivity index (χ1n) is 7.25. The highest BCUT2D eigenvalue weighted by molar-refractivity contribution is 7.22. The molecule has 0 unspecified atom stereocenters. The van der Waals surface area contributed by atoms with Gasteiger partial charge in [-0.05, 0) is 24.3 Å². The largest absolute Gasteiger partial charge is 0.497 e. The lowest BCUT2D eigenvalue weighted by atomic mass is 10.3. The van der Waals surface area contributed by atoms with Gasteiger partial charge in [0.1, 0.15) is 5.75 Å². The molecule has 0 fully saturated rings. The average Bonchev–Trinajstić information content (AvgIpc) is 3.00. The Labute approximate surface area is 149 Å². The molecule has 0 aliphatic heterocycles. The summed E-state index contributed by atoms with van der Waals surface area (Å²) in [5, 5.41) is 3.01. The van der Waals surface area contributed by atoms with Gasteiger partial charge < -0.3 is 9.47 Å². The number of anilines is 1. The highest BCUT2D eigenvalue weighted by Crippen LogP contribution is 2.29. The van der Waals surface area contributed by atoms with Crippen molar-refractivity contribution in [3.05, 3.63) is 42.1 Å². The Morgan fingerprint density at radius 2 is 2.08 bits per heavy atom. The number of ether oxygens (including phenoxy) is 2. The molecule has 0 atom stereocenters. The van der Waals surface area contributed by atoms with Gasteiger partial charge in [0.15, 0.2) is 11.7 Å². The number of halogens is 3. The molecule has 6 nitrogen and oxygen atoms in total. The molecule has 0 aliphatic rings. The van der Waals surface area contributed by atoms with Crippen molar-refractivity contribution < 1.29 is 27.4 Å². The summed E-state index contributed by atoms with van der Waals surface area (Å²) < 4.78 is 46.8. The summed E-state index contributed by atoms with van der Waals surface area (Å²) in [6, 6.07) is 7.86. The van der Waals surface area contributed by atoms with E-state index in [1.54, 1.807) is 25.3 Å². The van der Waals surface area contributed by atoms with Crippen LogP contribution in [-0.4, -0.2) is 35.8 Å². The molecule has 2 heterocycles. The van der Waals surface area contributed by atoms with E-state index in [0.717, 1.165) is 10.9 Å². The molecular formula is C16H12F3N3O3S. The molecule has 0 saturated carbocycles. The van der Waals surface area contributed by atoms with Gasteiger partial charge in [-0.1, -0.05) is 11.3 Å². The predicted molar refractivity (Wildman–Crippen MR) is 89.9 cm³/mol. The van der Waals surface area contributed by atoms with Gasteiger partial charge in [-0.25, -0.2) is 9.97 Å². The van der Waals surface area contributed by atoms with E-state index in [9.17, 15) is 18.0 Å². The summed E-state index contributed by atoms with van der Waals surface area (Å²) in [5.41, 5.74) is 0.876. The number of thiazole rings is 1. The molecule has 1 amide bonds. The second-order valence-corrected chi connectivity index (χ2v) is 6.13. The van der Waals surface area contributed by atoms with Gasteiger partial charge in [0.2, 0.25) is 5.88 Å². The number of methoxy groups -OCH3 is 1. The van der Waals surface area contributed by atoms with E-state index in [-0.39, 0.29) is 11.4 Å². The Kier molecular flexibility index (Phi) is 4.94. The van der Waals surface area contributed by atoms with Crippen LogP contribution >= 0.6 is 11.3 Å². The lowest BCUT2D eigenvalue weighted by Gasteiger charge is -2.08. The zero-order chi connectivity index (χ0) is 18.7. The van der Waals surface area contributed by atoms with Crippen molar-refractivity contribution in [2.75, 3.05) is 19.0 Å². The number of hydrogen-bond acceptors (Lipinski definition) is 6. The van der Waals surface area contributed by atoms with Crippen LogP contribution in [0.4, 0.5) is 18.3 Å². The number of fused-ring (bicyclic) bond motifs is 1. The van der Waals surface area contributed by atoms with Crippen LogP contribution in [-0.2, 0) is 0 Å². The molecule has 0 spiro atoms. The number of hydrogen-bond donors (Lipinski definition) is 1. The van der Waals surface area contributed by atoms with E-state index in [1.165, 1.54) is 23.5 Å². The summed E-state index contributed by atoms with van der Waals surface area (Å²) in [7, 11) is 1.56. The normalized spacial score (nSPS) is 11.4. The van der Waals surface area contributed by atoms with Crippen LogP contribution in [0.3, 0.4) is 0 Å². The molecule has 1 N–H and O–H groups in total. The highest BCUT2D eigenvalue weighted by atomic mass is 32.1. The van der Waals surface area contributed by atoms with Crippen molar-refractivity contribution in [3.63, 3.8) is 0 Å². The van der Waals surface area contributed by atoms with E-state index in [4.69, 9.17) is 4.74 Å². The summed E-state index contributed by atoms with van der Waals surface area (Å²) >= 11 is 1.27. The summed E-state index contributed by atoms with van der Waals surface area (Å²) in [5.74, 6) is -0.0190. The van der Waals surface area contributed by atoms with Crippen molar-refractivity contribution in [1.29, 1.82) is 0 Å². The maximum Gasteiger partial charge on any atom is 0.422 e. The molecule has 0 bridgehead atoms. The van der Waals surface area contributed by atoms with Crippen LogP contribution in [0.1, 0.15) is 10.4 Å². The second kappa shape index (κ2) is 7.16. The van der Waals surface area contributed by atoms with E-state index in [2.05, 4.69) is 20.0 Å². The number of nitrogens with zero attached hydrogens (tertiary/aromatic N) is 2. The minimum absolute atomic E-state index is 0.168. The zero-order valence-electron chi connectivity index (χ0n) is 13.3. The topological polar surface area (TPSA) is 73.3 Å². The Morgan fingerprint density at radius 1 is 1.27 bits per heavy atom. The Morgan fingerprint density at radius 3 is 2.73 bits per heavy atom. The molecule has 2 aromatic heterocycles. The van der Waals surface area contributed by atoms with Gasteiger partial charge >= 0.3 is 6.18 Å². The average molecular weight is 383 g/mol. The first kappa shape index (κ1) is 17.9. The standard InChI is InChI=1S/C16H12F3N3O3S/c1-24-10-3-4-11-12(6-10)26-15(21-11)22-14(23)9-2-5-13(20-7-9)25-8-16(17,18)19/h2-7H,8H2,1H3,(H,21,22,23). The number of carbonyl (C=O) groups is 1. The van der Waals surface area contributed by atoms with Gasteiger partial charge in [0.05, 0.1) is 22.9 Å². The second-order valence-electron chi connectivity index (χ2n) is 5.10. The van der Waals surface area contributed by atoms with Crippen LogP contribution in [0, 0.1) is 0 Å². The first-order chi connectivity index (χ1) is 12.3. The third-order valence-corrected chi connectivity index (χ3v) is 4.13. The number of benzene rings is 1. The lowest BCUT2D eigenvalue weighted by molar-refractivity contribution is -0.154. The quantitative estimate of drug-likeness (QED) is 0.724. The summed E-state index contributed by atoms with van der Waals surface area (Å²) in [6.45, 7) is -1.44. The van der Waals surface area contributed by atoms with Gasteiger partial charge in [-0.15, -0.1) is 0 Å². The van der Waals surface area contributed by atoms with E-state index < -0.39 is 18.7 Å². The Hall–Kier alpha value is -2.88. The van der Waals surface area contributed by atoms with Crippen LogP contribution in [0.2, 0.25) is 0 Å². The van der Waals surface area contributed by atoms with Crippen LogP contribution < -0.4 is 14.8 Å². The van der Waals surface area contributed by atoms with E-state index in [1.807, 2.05) is 0 Å². The fourth-order valence-corrected chi connectivity index (χ4v) is 2.90. The highest BCUT2D eigenvalue weighted by Gasteiger charge is 2.28. The number of rotatable bonds is 5. The lowest BCUT2D eigenvalue weighted by Crippen LogP contribution is -2.19. The molecule has 26 heavy (non-hydrogen) atoms. The molecule has 3 rings (SSSR count). The molecule has 0 aliphatic carbocycles. The summed E-state index contributed by atoms with van der Waals surface area (Å²) in [6.07, 6.45) is -3.31. The molecule has 1 aromatic carbocycles. The molecule has 0 saturated heterocycles. The van der Waals surface area contributed by atoms with E-state index >= 15 is 0 Å². The smallest absolute Gasteiger partial charge is 0.422 e. The molecule has 3 aromatic rings. The van der Waals surface area contributed by atoms with Crippen LogP contribution in [0.5, 0.6) is 11.6 Å². The number of nitrogens with one attached hydrogen (secondary N) is 1. The first-order valence-corrected chi connectivity index (χ1v) is 8.07. The van der Waals surface area contributed by atoms with Gasteiger partial charge in [-0.2, -0.15) is 13.2 Å². The number of amides is 1. The zero-order valence-corrected chi connectivity index (χ0v) is 14.1. The molecule has 10 heteroatoms. The van der Waals surface area contributed by atoms with Crippen molar-refractivity contribution >= 4 is 32.6 Å². The molecule has 0 radical (unpaired) electrons. The number of carbonyl (C=O) groups excluding carboxylic acids is 1. The van der Waals surface area contributed by atoms with Crippen molar-refractivity contribution in [2.45, 2.75) is 6.18 Å². The van der Waals surface area contributed by atoms with Gasteiger partial charge in [0, 0.05) is 12.3 Å². The fraction of sp³-hybridized carbons (Fsp3) is 0.188. The maximum atomic E-state index is 12.2. The Bertz CT molecular complexity index is 926. The van der Waals surface area contributed by atoms with E-state index in [0.29, 0.717) is 16.4 Å². The van der Waals surface area contributed by atoms with Crippen molar-refractivity contribution in [2.24, 2.45) is 0 Å². The Balaban J connectivity index is 1.67. The SMILES string of the molecule is COc1ccc2nc(NC(=O)c3ccc(OCC(F)(F)F)nc3)sc2c1. The van der Waals surface area contributed by atoms with Crippen LogP contribution in [0.25, 0.3) is 10.2 Å². The number of alkyl halides is 3. The third-order valence-electron chi connectivity index (χ3n) is 3.20. The fourth-order valence-electron chi connectivity index (χ4n) is 2.01. The monoisotopic (exact) mass is 383 g/mol. The van der Waals surface area contributed by atoms with Crippen LogP contribution in [0.15, 0.2) is 36.5 Å². The number of pyridine rings is 1. The minimum atomic E-state index is -4.45. The van der Waals surface area contributed by atoms with Crippen molar-refractivity contribution in [1.82, 2.24) is 9.97 Å². The number of aromatic nitrogens is 2. The third kappa shape index (κ3) is 4.39. The summed E-state index contributed by atoms with van der Waals surface area (Å²) in [4.78, 5) is 20.2. The molecular weight excluding hydrogens is 371 g/mol.